The lowest BCUT2D eigenvalue weighted by Crippen LogP contribution is -2.31. The number of rotatable bonds is 5. The van der Waals surface area contributed by atoms with Gasteiger partial charge in [0.25, 0.3) is 0 Å². The second-order valence-electron chi connectivity index (χ2n) is 4.38. The minimum absolute atomic E-state index is 0.345. The molecule has 0 aliphatic heterocycles. The Morgan fingerprint density at radius 3 is 2.56 bits per heavy atom. The molecule has 1 unspecified atom stereocenters. The van der Waals surface area contributed by atoms with Gasteiger partial charge in [0.1, 0.15) is 0 Å². The quantitative estimate of drug-likeness (QED) is 0.852. The van der Waals surface area contributed by atoms with Crippen LogP contribution in [0.4, 0.5) is 0 Å². The number of nitrogens with one attached hydrogen (secondary N) is 1. The van der Waals surface area contributed by atoms with Gasteiger partial charge in [0.05, 0.1) is 0 Å². The molecule has 90 valence electrons. The van der Waals surface area contributed by atoms with E-state index < -0.39 is 0 Å². The third-order valence-corrected chi connectivity index (χ3v) is 3.00. The van der Waals surface area contributed by atoms with Gasteiger partial charge < -0.3 is 10.2 Å². The van der Waals surface area contributed by atoms with Crippen molar-refractivity contribution < 1.29 is 0 Å². The van der Waals surface area contributed by atoms with Crippen molar-refractivity contribution in [1.29, 1.82) is 0 Å². The molecule has 1 rings (SSSR count). The summed E-state index contributed by atoms with van der Waals surface area (Å²) in [5.41, 5.74) is 2.39. The molecule has 3 heteroatoms. The van der Waals surface area contributed by atoms with Gasteiger partial charge in [-0.25, -0.2) is 0 Å². The summed E-state index contributed by atoms with van der Waals surface area (Å²) in [5, 5.41) is 4.32. The maximum atomic E-state index is 6.15. The van der Waals surface area contributed by atoms with Gasteiger partial charge in [0.2, 0.25) is 0 Å². The van der Waals surface area contributed by atoms with Crippen LogP contribution in [-0.2, 0) is 0 Å². The van der Waals surface area contributed by atoms with Gasteiger partial charge in [-0.1, -0.05) is 30.7 Å². The van der Waals surface area contributed by atoms with E-state index in [9.17, 15) is 0 Å². The molecule has 0 aliphatic carbocycles. The van der Waals surface area contributed by atoms with Crippen LogP contribution in [0, 0.1) is 6.92 Å². The van der Waals surface area contributed by atoms with Gasteiger partial charge >= 0.3 is 0 Å². The highest BCUT2D eigenvalue weighted by Crippen LogP contribution is 2.21. The lowest BCUT2D eigenvalue weighted by Gasteiger charge is -2.22. The van der Waals surface area contributed by atoms with Gasteiger partial charge in [-0.2, -0.15) is 0 Å². The van der Waals surface area contributed by atoms with Crippen molar-refractivity contribution in [3.63, 3.8) is 0 Å². The first-order valence-corrected chi connectivity index (χ1v) is 6.06. The molecule has 0 heterocycles. The Hall–Kier alpha value is -0.570. The fourth-order valence-electron chi connectivity index (χ4n) is 1.73. The molecule has 0 saturated heterocycles. The molecule has 0 radical (unpaired) electrons. The van der Waals surface area contributed by atoms with Crippen molar-refractivity contribution in [3.8, 4) is 0 Å². The van der Waals surface area contributed by atoms with Crippen LogP contribution < -0.4 is 5.32 Å². The molecule has 1 aromatic carbocycles. The van der Waals surface area contributed by atoms with E-state index >= 15 is 0 Å². The number of hydrogen-bond donors (Lipinski definition) is 1. The summed E-state index contributed by atoms with van der Waals surface area (Å²) < 4.78 is 0. The monoisotopic (exact) mass is 240 g/mol. The molecule has 1 aromatic rings. The second-order valence-corrected chi connectivity index (χ2v) is 4.79. The van der Waals surface area contributed by atoms with Crippen LogP contribution >= 0.6 is 11.6 Å². The molecule has 0 aromatic heterocycles. The number of benzene rings is 1. The molecule has 0 saturated carbocycles. The summed E-state index contributed by atoms with van der Waals surface area (Å²) in [6, 6.07) is 6.64. The van der Waals surface area contributed by atoms with E-state index in [-0.39, 0.29) is 0 Å². The van der Waals surface area contributed by atoms with Gasteiger partial charge in [0, 0.05) is 17.6 Å². The van der Waals surface area contributed by atoms with Crippen LogP contribution in [0.2, 0.25) is 5.02 Å². The van der Waals surface area contributed by atoms with Gasteiger partial charge in [0.15, 0.2) is 0 Å². The van der Waals surface area contributed by atoms with Crippen molar-refractivity contribution in [2.24, 2.45) is 0 Å². The predicted octanol–water partition coefficient (Wildman–Crippen LogP) is 2.86. The second kappa shape index (κ2) is 6.24. The predicted molar refractivity (Wildman–Crippen MR) is 71.2 cm³/mol. The Morgan fingerprint density at radius 1 is 1.38 bits per heavy atom. The van der Waals surface area contributed by atoms with E-state index in [2.05, 4.69) is 49.4 Å². The summed E-state index contributed by atoms with van der Waals surface area (Å²) in [6.07, 6.45) is 0. The Morgan fingerprint density at radius 2 is 2.06 bits per heavy atom. The van der Waals surface area contributed by atoms with E-state index in [0.717, 1.165) is 23.7 Å². The number of likely N-dealkylation sites (N-methyl/N-ethyl adjacent to an activating group) is 2. The maximum Gasteiger partial charge on any atom is 0.0449 e. The van der Waals surface area contributed by atoms with E-state index in [1.165, 1.54) is 5.56 Å². The molecule has 16 heavy (non-hydrogen) atoms. The standard InChI is InChI=1S/C13H21ClN2/c1-5-15-13(9-16(3)4)11-7-6-10(2)12(14)8-11/h6-8,13,15H,5,9H2,1-4H3. The molecule has 1 N–H and O–H groups in total. The van der Waals surface area contributed by atoms with Crippen molar-refractivity contribution in [3.05, 3.63) is 34.3 Å². The molecular formula is C13H21ClN2. The summed E-state index contributed by atoms with van der Waals surface area (Å²) in [4.78, 5) is 2.18. The largest absolute Gasteiger partial charge is 0.309 e. The van der Waals surface area contributed by atoms with Crippen LogP contribution in [-0.4, -0.2) is 32.1 Å². The molecule has 0 spiro atoms. The first-order chi connectivity index (χ1) is 7.54. The average molecular weight is 241 g/mol. The molecule has 2 nitrogen and oxygen atoms in total. The minimum Gasteiger partial charge on any atom is -0.309 e. The highest BCUT2D eigenvalue weighted by atomic mass is 35.5. The summed E-state index contributed by atoms with van der Waals surface area (Å²) in [6.45, 7) is 6.09. The van der Waals surface area contributed by atoms with Crippen LogP contribution in [0.5, 0.6) is 0 Å². The number of nitrogens with zero attached hydrogens (tertiary/aromatic N) is 1. The molecule has 0 amide bonds. The topological polar surface area (TPSA) is 15.3 Å². The first-order valence-electron chi connectivity index (χ1n) is 5.68. The van der Waals surface area contributed by atoms with Crippen molar-refractivity contribution >= 4 is 11.6 Å². The zero-order valence-corrected chi connectivity index (χ0v) is 11.3. The van der Waals surface area contributed by atoms with Crippen LogP contribution in [0.1, 0.15) is 24.1 Å². The van der Waals surface area contributed by atoms with Gasteiger partial charge in [-0.3, -0.25) is 0 Å². The SMILES string of the molecule is CCNC(CN(C)C)c1ccc(C)c(Cl)c1. The first kappa shape index (κ1) is 13.5. The maximum absolute atomic E-state index is 6.15. The summed E-state index contributed by atoms with van der Waals surface area (Å²) in [7, 11) is 4.17. The third kappa shape index (κ3) is 3.78. The number of halogens is 1. The molecule has 0 fully saturated rings. The van der Waals surface area contributed by atoms with Gasteiger partial charge in [-0.15, -0.1) is 0 Å². The highest BCUT2D eigenvalue weighted by molar-refractivity contribution is 6.31. The molecular weight excluding hydrogens is 220 g/mol. The lowest BCUT2D eigenvalue weighted by molar-refractivity contribution is 0.345. The molecule has 1 atom stereocenters. The van der Waals surface area contributed by atoms with E-state index in [4.69, 9.17) is 11.6 Å². The fourth-order valence-corrected chi connectivity index (χ4v) is 1.91. The van der Waals surface area contributed by atoms with Gasteiger partial charge in [-0.05, 0) is 44.8 Å². The van der Waals surface area contributed by atoms with Crippen LogP contribution in [0.15, 0.2) is 18.2 Å². The third-order valence-electron chi connectivity index (χ3n) is 2.60. The average Bonchev–Trinajstić information content (AvgIpc) is 2.21. The van der Waals surface area contributed by atoms with Crippen molar-refractivity contribution in [2.75, 3.05) is 27.2 Å². The van der Waals surface area contributed by atoms with Crippen LogP contribution in [0.3, 0.4) is 0 Å². The Balaban J connectivity index is 2.87. The number of hydrogen-bond acceptors (Lipinski definition) is 2. The molecule has 0 aliphatic rings. The lowest BCUT2D eigenvalue weighted by atomic mass is 10.0. The van der Waals surface area contributed by atoms with Crippen molar-refractivity contribution in [1.82, 2.24) is 10.2 Å². The normalized spacial score (nSPS) is 13.1. The zero-order chi connectivity index (χ0) is 12.1. The summed E-state index contributed by atoms with van der Waals surface area (Å²) >= 11 is 6.15. The Bertz CT molecular complexity index is 337. The summed E-state index contributed by atoms with van der Waals surface area (Å²) in [5.74, 6) is 0. The Labute approximate surface area is 104 Å². The highest BCUT2D eigenvalue weighted by Gasteiger charge is 2.12. The fraction of sp³-hybridized carbons (Fsp3) is 0.538. The zero-order valence-electron chi connectivity index (χ0n) is 10.5. The minimum atomic E-state index is 0.345. The smallest absolute Gasteiger partial charge is 0.0449 e. The van der Waals surface area contributed by atoms with Crippen molar-refractivity contribution in [2.45, 2.75) is 19.9 Å². The van der Waals surface area contributed by atoms with E-state index in [0.29, 0.717) is 6.04 Å². The van der Waals surface area contributed by atoms with E-state index in [1.807, 2.05) is 6.92 Å². The molecule has 0 bridgehead atoms. The van der Waals surface area contributed by atoms with Crippen LogP contribution in [0.25, 0.3) is 0 Å². The number of aryl methyl sites for hydroxylation is 1. The Kier molecular flexibility index (Phi) is 5.26. The van der Waals surface area contributed by atoms with E-state index in [1.54, 1.807) is 0 Å².